The van der Waals surface area contributed by atoms with E-state index in [-0.39, 0.29) is 25.9 Å². The van der Waals surface area contributed by atoms with E-state index in [1.54, 1.807) is 0 Å². The van der Waals surface area contributed by atoms with Gasteiger partial charge in [0, 0.05) is 19.3 Å². The predicted molar refractivity (Wildman–Crippen MR) is 257 cm³/mol. The lowest BCUT2D eigenvalue weighted by Crippen LogP contribution is -2.61. The number of carboxylic acid groups (broad SMARTS) is 1. The van der Waals surface area contributed by atoms with Crippen molar-refractivity contribution in [3.8, 4) is 0 Å². The second kappa shape index (κ2) is 41.8. The molecule has 0 spiro atoms. The zero-order chi connectivity index (χ0) is 47.6. The van der Waals surface area contributed by atoms with E-state index in [0.717, 1.165) is 83.5 Å². The van der Waals surface area contributed by atoms with Gasteiger partial charge in [-0.05, 0) is 70.6 Å². The van der Waals surface area contributed by atoms with E-state index in [1.807, 2.05) is 12.2 Å². The molecule has 1 fully saturated rings. The van der Waals surface area contributed by atoms with Crippen LogP contribution in [0.2, 0.25) is 0 Å². The van der Waals surface area contributed by atoms with Gasteiger partial charge in [-0.1, -0.05) is 171 Å². The van der Waals surface area contributed by atoms with Gasteiger partial charge in [-0.2, -0.15) is 0 Å². The van der Waals surface area contributed by atoms with Gasteiger partial charge in [0.05, 0.1) is 6.61 Å². The van der Waals surface area contributed by atoms with Crippen molar-refractivity contribution < 1.29 is 58.2 Å². The number of carboxylic acids is 1. The van der Waals surface area contributed by atoms with Crippen LogP contribution in [0, 0.1) is 0 Å². The Morgan fingerprint density at radius 3 is 1.55 bits per heavy atom. The summed E-state index contributed by atoms with van der Waals surface area (Å²) in [6.07, 6.45) is 36.7. The summed E-state index contributed by atoms with van der Waals surface area (Å²) in [7, 11) is 0. The summed E-state index contributed by atoms with van der Waals surface area (Å²) in [4.78, 5) is 50.6. The highest BCUT2D eigenvalue weighted by Crippen LogP contribution is 2.26. The molecule has 0 aromatic rings. The molecule has 0 bridgehead atoms. The third kappa shape index (κ3) is 32.7. The van der Waals surface area contributed by atoms with Crippen molar-refractivity contribution in [1.29, 1.82) is 0 Å². The maximum atomic E-state index is 13.0. The second-order valence-electron chi connectivity index (χ2n) is 17.1. The van der Waals surface area contributed by atoms with E-state index in [1.165, 1.54) is 57.8 Å². The molecule has 6 atom stereocenters. The van der Waals surface area contributed by atoms with Crippen molar-refractivity contribution in [3.05, 3.63) is 60.8 Å². The van der Waals surface area contributed by atoms with Gasteiger partial charge >= 0.3 is 23.9 Å². The van der Waals surface area contributed by atoms with Crippen LogP contribution in [0.4, 0.5) is 0 Å². The van der Waals surface area contributed by atoms with Crippen LogP contribution in [0.1, 0.15) is 201 Å². The Hall–Kier alpha value is -3.58. The quantitative estimate of drug-likeness (QED) is 0.0229. The molecule has 0 aromatic heterocycles. The summed E-state index contributed by atoms with van der Waals surface area (Å²) in [5.74, 6) is -3.24. The summed E-state index contributed by atoms with van der Waals surface area (Å²) in [5.41, 5.74) is 0. The molecule has 12 heteroatoms. The lowest BCUT2D eigenvalue weighted by atomic mass is 9.98. The van der Waals surface area contributed by atoms with Gasteiger partial charge < -0.3 is 39.0 Å². The molecule has 0 saturated carbocycles. The second-order valence-corrected chi connectivity index (χ2v) is 17.1. The molecule has 0 amide bonds. The zero-order valence-electron chi connectivity index (χ0n) is 40.5. The third-order valence-corrected chi connectivity index (χ3v) is 11.1. The number of carbonyl (C=O) groups is 4. The lowest BCUT2D eigenvalue weighted by molar-refractivity contribution is -0.301. The van der Waals surface area contributed by atoms with Crippen molar-refractivity contribution in [2.75, 3.05) is 13.2 Å². The van der Waals surface area contributed by atoms with E-state index in [4.69, 9.17) is 23.7 Å². The highest BCUT2D eigenvalue weighted by molar-refractivity contribution is 5.74. The first-order chi connectivity index (χ1) is 31.6. The van der Waals surface area contributed by atoms with E-state index in [0.29, 0.717) is 19.3 Å². The van der Waals surface area contributed by atoms with Crippen molar-refractivity contribution >= 4 is 23.9 Å². The average molecular weight is 917 g/mol. The smallest absolute Gasteiger partial charge is 0.335 e. The minimum atomic E-state index is -1.91. The normalized spacial score (nSPS) is 19.6. The largest absolute Gasteiger partial charge is 0.479 e. The zero-order valence-corrected chi connectivity index (χ0v) is 40.5. The average Bonchev–Trinajstić information content (AvgIpc) is 3.29. The number of esters is 3. The molecule has 1 saturated heterocycles. The minimum absolute atomic E-state index is 0.0437. The topological polar surface area (TPSA) is 175 Å². The summed E-state index contributed by atoms with van der Waals surface area (Å²) >= 11 is 0. The maximum Gasteiger partial charge on any atom is 0.335 e. The minimum Gasteiger partial charge on any atom is -0.479 e. The van der Waals surface area contributed by atoms with E-state index < -0.39 is 67.3 Å². The van der Waals surface area contributed by atoms with Gasteiger partial charge in [-0.15, -0.1) is 0 Å². The summed E-state index contributed by atoms with van der Waals surface area (Å²) in [5, 5.41) is 31.2. The van der Waals surface area contributed by atoms with Crippen molar-refractivity contribution in [3.63, 3.8) is 0 Å². The molecule has 372 valence electrons. The van der Waals surface area contributed by atoms with Gasteiger partial charge in [-0.25, -0.2) is 4.79 Å². The fraction of sp³-hybridized carbons (Fsp3) is 0.736. The van der Waals surface area contributed by atoms with Crippen LogP contribution < -0.4 is 0 Å². The molecule has 6 unspecified atom stereocenters. The summed E-state index contributed by atoms with van der Waals surface area (Å²) in [6.45, 7) is 5.73. The molecule has 1 aliphatic rings. The first kappa shape index (κ1) is 59.4. The van der Waals surface area contributed by atoms with Crippen LogP contribution in [0.3, 0.4) is 0 Å². The Labute approximate surface area is 392 Å². The molecule has 1 rings (SSSR count). The fourth-order valence-corrected chi connectivity index (χ4v) is 7.20. The van der Waals surface area contributed by atoms with E-state index in [9.17, 15) is 34.5 Å². The number of carbonyl (C=O) groups excluding carboxylic acids is 3. The van der Waals surface area contributed by atoms with Gasteiger partial charge in [0.15, 0.2) is 24.6 Å². The first-order valence-corrected chi connectivity index (χ1v) is 25.3. The number of rotatable bonds is 41. The van der Waals surface area contributed by atoms with Crippen LogP contribution >= 0.6 is 0 Å². The van der Waals surface area contributed by atoms with Gasteiger partial charge in [0.1, 0.15) is 18.8 Å². The van der Waals surface area contributed by atoms with E-state index in [2.05, 4.69) is 69.4 Å². The number of aliphatic carboxylic acids is 1. The molecular weight excluding hydrogens is 829 g/mol. The number of unbranched alkanes of at least 4 members (excludes halogenated alkanes) is 17. The number of allylic oxidation sites excluding steroid dienone is 10. The Kier molecular flexibility index (Phi) is 38.2. The monoisotopic (exact) mass is 917 g/mol. The van der Waals surface area contributed by atoms with Crippen LogP contribution in [0.15, 0.2) is 60.8 Å². The van der Waals surface area contributed by atoms with E-state index >= 15 is 0 Å². The van der Waals surface area contributed by atoms with Gasteiger partial charge in [0.25, 0.3) is 0 Å². The first-order valence-electron chi connectivity index (χ1n) is 25.3. The number of ether oxygens (including phenoxy) is 5. The molecule has 12 nitrogen and oxygen atoms in total. The Morgan fingerprint density at radius 2 is 1.00 bits per heavy atom. The van der Waals surface area contributed by atoms with Gasteiger partial charge in [0.2, 0.25) is 0 Å². The molecule has 0 aliphatic carbocycles. The van der Waals surface area contributed by atoms with Crippen molar-refractivity contribution in [2.45, 2.75) is 237 Å². The standard InChI is InChI=1S/C53H88O12/c1-4-7-10-13-16-19-21-23-25-28-30-33-36-39-45(54)61-42-44(63-46(55)40-37-34-31-27-18-15-12-9-6-3)43-62-53-51(49(58)48(57)50(65-53)52(59)60)64-47(56)41-38-35-32-29-26-24-22-20-17-14-11-8-5-2/h7,10,16,19-20,22-23,25,30,33,44,48-51,53,57-58H,4-6,8-9,11-15,17-18,21,24,26-29,31-32,34-43H2,1-3H3,(H,59,60)/b10-7-,19-16-,22-20-,25-23-,33-30-. The highest BCUT2D eigenvalue weighted by Gasteiger charge is 2.50. The molecule has 0 radical (unpaired) electrons. The summed E-state index contributed by atoms with van der Waals surface area (Å²) in [6, 6.07) is 0. The van der Waals surface area contributed by atoms with Crippen molar-refractivity contribution in [1.82, 2.24) is 0 Å². The molecule has 0 aromatic carbocycles. The fourth-order valence-electron chi connectivity index (χ4n) is 7.20. The lowest BCUT2D eigenvalue weighted by Gasteiger charge is -2.40. The number of aliphatic hydroxyl groups excluding tert-OH is 2. The number of aliphatic hydroxyl groups is 2. The molecular formula is C53H88O12. The Balaban J connectivity index is 2.78. The molecule has 65 heavy (non-hydrogen) atoms. The SMILES string of the molecule is CC/C=C\C/C=C\C/C=C\C/C=C\CCC(=O)OCC(COC1OC(C(=O)O)C(O)C(O)C1OC(=O)CCCCCCC/C=C\CCCCCC)OC(=O)CCCCCCCCCCC. The van der Waals surface area contributed by atoms with Gasteiger partial charge in [-0.3, -0.25) is 14.4 Å². The highest BCUT2D eigenvalue weighted by atomic mass is 16.7. The summed E-state index contributed by atoms with van der Waals surface area (Å²) < 4.78 is 28.1. The number of hydrogen-bond acceptors (Lipinski definition) is 11. The maximum absolute atomic E-state index is 13.0. The molecule has 1 heterocycles. The molecule has 3 N–H and O–H groups in total. The third-order valence-electron chi connectivity index (χ3n) is 11.1. The number of hydrogen-bond donors (Lipinski definition) is 3. The van der Waals surface area contributed by atoms with Crippen LogP contribution in [-0.2, 0) is 42.9 Å². The van der Waals surface area contributed by atoms with Crippen LogP contribution in [-0.4, -0.2) is 89.2 Å². The van der Waals surface area contributed by atoms with Crippen LogP contribution in [0.25, 0.3) is 0 Å². The molecule has 1 aliphatic heterocycles. The predicted octanol–water partition coefficient (Wildman–Crippen LogP) is 11.7. The van der Waals surface area contributed by atoms with Crippen molar-refractivity contribution in [2.24, 2.45) is 0 Å². The van der Waals surface area contributed by atoms with Crippen LogP contribution in [0.5, 0.6) is 0 Å². The Bertz CT molecular complexity index is 1370. The Morgan fingerprint density at radius 1 is 0.523 bits per heavy atom.